The van der Waals surface area contributed by atoms with Crippen LogP contribution in [0.1, 0.15) is 10.6 Å². The highest BCUT2D eigenvalue weighted by Gasteiger charge is 2.18. The van der Waals surface area contributed by atoms with Crippen molar-refractivity contribution in [3.8, 4) is 0 Å². The van der Waals surface area contributed by atoms with E-state index in [4.69, 9.17) is 21.8 Å². The van der Waals surface area contributed by atoms with Gasteiger partial charge in [-0.2, -0.15) is 0 Å². The standard InChI is InChI=1S/C15H10BrClN2O2/c16-8-1-6-12-11(7-8)13(18)14(21-12)15(20)19-10-4-2-9(17)3-5-10/h1-7H,18H2,(H,19,20). The van der Waals surface area contributed by atoms with Gasteiger partial charge in [0.15, 0.2) is 0 Å². The molecule has 0 saturated heterocycles. The first-order valence-electron chi connectivity index (χ1n) is 6.09. The van der Waals surface area contributed by atoms with E-state index in [9.17, 15) is 4.79 Å². The fourth-order valence-corrected chi connectivity index (χ4v) is 2.47. The molecule has 1 aromatic heterocycles. The van der Waals surface area contributed by atoms with Crippen molar-refractivity contribution in [3.05, 3.63) is 57.7 Å². The molecule has 2 aromatic carbocycles. The van der Waals surface area contributed by atoms with Gasteiger partial charge in [0.25, 0.3) is 5.91 Å². The van der Waals surface area contributed by atoms with Crippen LogP contribution in [0.4, 0.5) is 11.4 Å². The molecule has 0 bridgehead atoms. The van der Waals surface area contributed by atoms with Crippen LogP contribution in [0, 0.1) is 0 Å². The van der Waals surface area contributed by atoms with Gasteiger partial charge < -0.3 is 15.5 Å². The lowest BCUT2D eigenvalue weighted by Gasteiger charge is -2.03. The van der Waals surface area contributed by atoms with E-state index in [0.29, 0.717) is 27.4 Å². The topological polar surface area (TPSA) is 68.3 Å². The number of carbonyl (C=O) groups is 1. The Balaban J connectivity index is 1.94. The molecule has 0 atom stereocenters. The number of fused-ring (bicyclic) bond motifs is 1. The molecule has 4 nitrogen and oxygen atoms in total. The zero-order valence-corrected chi connectivity index (χ0v) is 13.0. The number of carbonyl (C=O) groups excluding carboxylic acids is 1. The Morgan fingerprint density at radius 3 is 2.62 bits per heavy atom. The monoisotopic (exact) mass is 364 g/mol. The van der Waals surface area contributed by atoms with Crippen molar-refractivity contribution in [1.29, 1.82) is 0 Å². The van der Waals surface area contributed by atoms with Crippen LogP contribution in [0.15, 0.2) is 51.4 Å². The molecule has 0 aliphatic rings. The molecular formula is C15H10BrClN2O2. The predicted octanol–water partition coefficient (Wildman–Crippen LogP) is 4.68. The average Bonchev–Trinajstić information content (AvgIpc) is 2.79. The number of amides is 1. The summed E-state index contributed by atoms with van der Waals surface area (Å²) < 4.78 is 6.40. The van der Waals surface area contributed by atoms with Gasteiger partial charge in [-0.3, -0.25) is 4.79 Å². The van der Waals surface area contributed by atoms with Crippen LogP contribution in [-0.2, 0) is 0 Å². The molecule has 0 unspecified atom stereocenters. The molecular weight excluding hydrogens is 356 g/mol. The molecule has 0 aliphatic carbocycles. The first-order valence-corrected chi connectivity index (χ1v) is 7.26. The quantitative estimate of drug-likeness (QED) is 0.692. The molecule has 3 N–H and O–H groups in total. The van der Waals surface area contributed by atoms with Gasteiger partial charge in [0.1, 0.15) is 5.58 Å². The van der Waals surface area contributed by atoms with Crippen LogP contribution in [0.5, 0.6) is 0 Å². The Kier molecular flexibility index (Phi) is 3.61. The number of hydrogen-bond acceptors (Lipinski definition) is 3. The first-order chi connectivity index (χ1) is 10.0. The summed E-state index contributed by atoms with van der Waals surface area (Å²) in [5, 5.41) is 4.02. The smallest absolute Gasteiger partial charge is 0.293 e. The molecule has 0 saturated carbocycles. The zero-order valence-electron chi connectivity index (χ0n) is 10.7. The van der Waals surface area contributed by atoms with Gasteiger partial charge in [0.05, 0.1) is 5.69 Å². The van der Waals surface area contributed by atoms with E-state index in [1.54, 1.807) is 30.3 Å². The largest absolute Gasteiger partial charge is 0.449 e. The number of nitrogen functional groups attached to an aromatic ring is 1. The summed E-state index contributed by atoms with van der Waals surface area (Å²) in [5.41, 5.74) is 7.49. The molecule has 1 amide bonds. The van der Waals surface area contributed by atoms with E-state index in [-0.39, 0.29) is 5.76 Å². The molecule has 0 fully saturated rings. The third-order valence-corrected chi connectivity index (χ3v) is 3.74. The van der Waals surface area contributed by atoms with Gasteiger partial charge in [0.2, 0.25) is 5.76 Å². The van der Waals surface area contributed by atoms with Gasteiger partial charge in [-0.05, 0) is 42.5 Å². The molecule has 1 heterocycles. The van der Waals surface area contributed by atoms with E-state index in [1.165, 1.54) is 0 Å². The highest BCUT2D eigenvalue weighted by atomic mass is 79.9. The lowest BCUT2D eigenvalue weighted by atomic mass is 10.2. The van der Waals surface area contributed by atoms with Gasteiger partial charge in [-0.15, -0.1) is 0 Å². The molecule has 6 heteroatoms. The fraction of sp³-hybridized carbons (Fsp3) is 0. The van der Waals surface area contributed by atoms with Gasteiger partial charge in [-0.25, -0.2) is 0 Å². The fourth-order valence-electron chi connectivity index (χ4n) is 1.98. The van der Waals surface area contributed by atoms with Crippen LogP contribution < -0.4 is 11.1 Å². The number of nitrogens with one attached hydrogen (secondary N) is 1. The van der Waals surface area contributed by atoms with Gasteiger partial charge >= 0.3 is 0 Å². The summed E-state index contributed by atoms with van der Waals surface area (Å²) in [4.78, 5) is 12.2. The lowest BCUT2D eigenvalue weighted by molar-refractivity contribution is 0.1000. The number of rotatable bonds is 2. The summed E-state index contributed by atoms with van der Waals surface area (Å²) in [6.07, 6.45) is 0. The second kappa shape index (κ2) is 5.42. The Labute approximate surface area is 134 Å². The minimum Gasteiger partial charge on any atom is -0.449 e. The molecule has 3 aromatic rings. The number of anilines is 2. The minimum absolute atomic E-state index is 0.0954. The second-order valence-electron chi connectivity index (χ2n) is 4.45. The maximum Gasteiger partial charge on any atom is 0.293 e. The van der Waals surface area contributed by atoms with Crippen molar-refractivity contribution in [1.82, 2.24) is 0 Å². The summed E-state index contributed by atoms with van der Waals surface area (Å²) in [6, 6.07) is 12.2. The number of benzene rings is 2. The van der Waals surface area contributed by atoms with E-state index < -0.39 is 5.91 Å². The van der Waals surface area contributed by atoms with Gasteiger partial charge in [-0.1, -0.05) is 27.5 Å². The summed E-state index contributed by atoms with van der Waals surface area (Å²) in [7, 11) is 0. The van der Waals surface area contributed by atoms with E-state index in [1.807, 2.05) is 12.1 Å². The van der Waals surface area contributed by atoms with Crippen molar-refractivity contribution in [2.75, 3.05) is 11.1 Å². The number of halogens is 2. The molecule has 0 aliphatic heterocycles. The first kappa shape index (κ1) is 14.0. The van der Waals surface area contributed by atoms with E-state index in [2.05, 4.69) is 21.2 Å². The van der Waals surface area contributed by atoms with Crippen LogP contribution in [-0.4, -0.2) is 5.91 Å². The number of hydrogen-bond donors (Lipinski definition) is 2. The van der Waals surface area contributed by atoms with E-state index >= 15 is 0 Å². The third-order valence-electron chi connectivity index (χ3n) is 3.00. The second-order valence-corrected chi connectivity index (χ2v) is 5.80. The predicted molar refractivity (Wildman–Crippen MR) is 87.7 cm³/mol. The van der Waals surface area contributed by atoms with Crippen molar-refractivity contribution in [2.24, 2.45) is 0 Å². The Morgan fingerprint density at radius 2 is 1.90 bits per heavy atom. The van der Waals surface area contributed by atoms with E-state index in [0.717, 1.165) is 4.47 Å². The molecule has 21 heavy (non-hydrogen) atoms. The maximum absolute atomic E-state index is 12.2. The summed E-state index contributed by atoms with van der Waals surface area (Å²) in [5.74, 6) is -0.305. The Hall–Kier alpha value is -1.98. The van der Waals surface area contributed by atoms with Crippen molar-refractivity contribution < 1.29 is 9.21 Å². The number of nitrogens with two attached hydrogens (primary N) is 1. The van der Waals surface area contributed by atoms with Crippen molar-refractivity contribution in [2.45, 2.75) is 0 Å². The average molecular weight is 366 g/mol. The Morgan fingerprint density at radius 1 is 1.19 bits per heavy atom. The van der Waals surface area contributed by atoms with Crippen molar-refractivity contribution in [3.63, 3.8) is 0 Å². The Bertz CT molecular complexity index is 828. The third kappa shape index (κ3) is 2.75. The van der Waals surface area contributed by atoms with Crippen LogP contribution in [0.2, 0.25) is 5.02 Å². The number of furan rings is 1. The van der Waals surface area contributed by atoms with Crippen molar-refractivity contribution >= 4 is 55.8 Å². The minimum atomic E-state index is -0.401. The van der Waals surface area contributed by atoms with Crippen LogP contribution in [0.25, 0.3) is 11.0 Å². The summed E-state index contributed by atoms with van der Waals surface area (Å²) in [6.45, 7) is 0. The normalized spacial score (nSPS) is 10.8. The highest BCUT2D eigenvalue weighted by molar-refractivity contribution is 9.10. The molecule has 106 valence electrons. The van der Waals surface area contributed by atoms with Crippen LogP contribution >= 0.6 is 27.5 Å². The zero-order chi connectivity index (χ0) is 15.0. The lowest BCUT2D eigenvalue weighted by Crippen LogP contribution is -2.12. The van der Waals surface area contributed by atoms with Crippen LogP contribution in [0.3, 0.4) is 0 Å². The molecule has 0 spiro atoms. The maximum atomic E-state index is 12.2. The highest BCUT2D eigenvalue weighted by Crippen LogP contribution is 2.31. The van der Waals surface area contributed by atoms with Gasteiger partial charge in [0, 0.05) is 20.6 Å². The SMILES string of the molecule is Nc1c(C(=O)Nc2ccc(Cl)cc2)oc2ccc(Br)cc12. The molecule has 3 rings (SSSR count). The molecule has 0 radical (unpaired) electrons. The summed E-state index contributed by atoms with van der Waals surface area (Å²) >= 11 is 9.17.